The zero-order valence-corrected chi connectivity index (χ0v) is 11.0. The van der Waals surface area contributed by atoms with Crippen LogP contribution >= 0.6 is 0 Å². The molecule has 0 aliphatic carbocycles. The molecule has 4 nitrogen and oxygen atoms in total. The van der Waals surface area contributed by atoms with Crippen molar-refractivity contribution in [1.29, 1.82) is 0 Å². The molecule has 1 unspecified atom stereocenters. The number of rotatable bonds is 6. The molecule has 1 rings (SSSR count). The number of ether oxygens (including phenoxy) is 1. The molecular formula is C14H20O4. The highest BCUT2D eigenvalue weighted by Gasteiger charge is 2.34. The number of hydrogen-bond acceptors (Lipinski definition) is 4. The number of aliphatic hydroxyl groups is 2. The fourth-order valence-corrected chi connectivity index (χ4v) is 1.42. The van der Waals surface area contributed by atoms with E-state index in [1.165, 1.54) is 6.92 Å². The maximum atomic E-state index is 12.1. The highest BCUT2D eigenvalue weighted by Crippen LogP contribution is 2.23. The molecule has 0 spiro atoms. The first kappa shape index (κ1) is 14.7. The van der Waals surface area contributed by atoms with Crippen molar-refractivity contribution in [2.75, 3.05) is 13.2 Å². The summed E-state index contributed by atoms with van der Waals surface area (Å²) in [5.41, 5.74) is -0.918. The van der Waals surface area contributed by atoms with Crippen molar-refractivity contribution < 1.29 is 19.7 Å². The minimum Gasteiger partial charge on any atom is -0.491 e. The molecule has 0 saturated heterocycles. The molecule has 0 saturated carbocycles. The normalized spacial score (nSPS) is 14.3. The topological polar surface area (TPSA) is 66.8 Å². The number of benzene rings is 1. The second kappa shape index (κ2) is 5.98. The summed E-state index contributed by atoms with van der Waals surface area (Å²) in [7, 11) is 0. The van der Waals surface area contributed by atoms with E-state index in [9.17, 15) is 9.90 Å². The van der Waals surface area contributed by atoms with Gasteiger partial charge in [0.05, 0.1) is 6.61 Å². The molecule has 1 aromatic carbocycles. The molecule has 1 aromatic rings. The summed E-state index contributed by atoms with van der Waals surface area (Å²) in [5.74, 6) is 0.131. The number of ketones is 1. The van der Waals surface area contributed by atoms with Crippen LogP contribution in [0, 0.1) is 5.92 Å². The quantitative estimate of drug-likeness (QED) is 0.755. The lowest BCUT2D eigenvalue weighted by Gasteiger charge is -2.26. The van der Waals surface area contributed by atoms with Gasteiger partial charge in [0.1, 0.15) is 18.0 Å². The van der Waals surface area contributed by atoms with E-state index >= 15 is 0 Å². The average molecular weight is 252 g/mol. The standard InChI is InChI=1S/C14H20O4/c1-10(2)14(3,17)13(16)11-4-6-12(7-5-11)18-9-8-15/h4-7,10,15,17H,8-9H2,1-3H3. The van der Waals surface area contributed by atoms with Crippen LogP contribution in [0.15, 0.2) is 24.3 Å². The molecule has 4 heteroatoms. The molecule has 0 aromatic heterocycles. The van der Waals surface area contributed by atoms with Crippen LogP contribution in [0.5, 0.6) is 5.75 Å². The molecule has 0 aliphatic heterocycles. The summed E-state index contributed by atoms with van der Waals surface area (Å²) in [6.45, 7) is 5.29. The Balaban J connectivity index is 2.82. The van der Waals surface area contributed by atoms with Crippen LogP contribution in [0.1, 0.15) is 31.1 Å². The van der Waals surface area contributed by atoms with E-state index in [1.807, 2.05) is 0 Å². The van der Waals surface area contributed by atoms with E-state index in [1.54, 1.807) is 38.1 Å². The Hall–Kier alpha value is -1.39. The Labute approximate surface area is 107 Å². The molecule has 0 amide bonds. The first-order valence-electron chi connectivity index (χ1n) is 6.00. The molecule has 100 valence electrons. The van der Waals surface area contributed by atoms with Gasteiger partial charge < -0.3 is 14.9 Å². The van der Waals surface area contributed by atoms with E-state index in [2.05, 4.69) is 0 Å². The van der Waals surface area contributed by atoms with Crippen molar-refractivity contribution in [3.63, 3.8) is 0 Å². The molecule has 18 heavy (non-hydrogen) atoms. The molecule has 0 aliphatic rings. The summed E-state index contributed by atoms with van der Waals surface area (Å²) in [6, 6.07) is 6.54. The van der Waals surface area contributed by atoms with Gasteiger partial charge in [-0.3, -0.25) is 4.79 Å². The first-order valence-corrected chi connectivity index (χ1v) is 6.00. The fourth-order valence-electron chi connectivity index (χ4n) is 1.42. The molecule has 2 N–H and O–H groups in total. The summed E-state index contributed by atoms with van der Waals surface area (Å²) >= 11 is 0. The summed E-state index contributed by atoms with van der Waals surface area (Å²) in [5, 5.41) is 18.7. The molecule has 0 fully saturated rings. The van der Waals surface area contributed by atoms with Crippen LogP contribution in [0.2, 0.25) is 0 Å². The Bertz CT molecular complexity index is 393. The van der Waals surface area contributed by atoms with Gasteiger partial charge in [0.2, 0.25) is 0 Å². The van der Waals surface area contributed by atoms with E-state index in [0.29, 0.717) is 11.3 Å². The number of carbonyl (C=O) groups excluding carboxylic acids is 1. The molecule has 1 atom stereocenters. The van der Waals surface area contributed by atoms with Gasteiger partial charge in [-0.2, -0.15) is 0 Å². The predicted octanol–water partition coefficient (Wildman–Crippen LogP) is 1.65. The summed E-state index contributed by atoms with van der Waals surface area (Å²) < 4.78 is 5.20. The zero-order chi connectivity index (χ0) is 13.8. The second-order valence-corrected chi connectivity index (χ2v) is 4.73. The average Bonchev–Trinajstić information content (AvgIpc) is 2.35. The van der Waals surface area contributed by atoms with Crippen LogP contribution in [0.25, 0.3) is 0 Å². The van der Waals surface area contributed by atoms with Crippen molar-refractivity contribution in [1.82, 2.24) is 0 Å². The maximum Gasteiger partial charge on any atom is 0.194 e. The van der Waals surface area contributed by atoms with E-state index < -0.39 is 5.60 Å². The second-order valence-electron chi connectivity index (χ2n) is 4.73. The van der Waals surface area contributed by atoms with Gasteiger partial charge in [0, 0.05) is 5.56 Å². The molecule has 0 heterocycles. The predicted molar refractivity (Wildman–Crippen MR) is 68.8 cm³/mol. The Kier molecular flexibility index (Phi) is 4.87. The Morgan fingerprint density at radius 3 is 2.33 bits per heavy atom. The molecule has 0 bridgehead atoms. The number of hydrogen-bond donors (Lipinski definition) is 2. The van der Waals surface area contributed by atoms with Crippen LogP contribution in [-0.4, -0.2) is 34.8 Å². The Morgan fingerprint density at radius 1 is 1.33 bits per heavy atom. The van der Waals surface area contributed by atoms with Crippen LogP contribution in [0.4, 0.5) is 0 Å². The summed E-state index contributed by atoms with van der Waals surface area (Å²) in [4.78, 5) is 12.1. The van der Waals surface area contributed by atoms with E-state index in [4.69, 9.17) is 9.84 Å². The van der Waals surface area contributed by atoms with Gasteiger partial charge in [0.15, 0.2) is 5.78 Å². The lowest BCUT2D eigenvalue weighted by molar-refractivity contribution is 0.0175. The third-order valence-corrected chi connectivity index (χ3v) is 3.06. The maximum absolute atomic E-state index is 12.1. The van der Waals surface area contributed by atoms with Crippen molar-refractivity contribution in [3.8, 4) is 5.75 Å². The van der Waals surface area contributed by atoms with Crippen molar-refractivity contribution >= 4 is 5.78 Å². The van der Waals surface area contributed by atoms with Crippen molar-refractivity contribution in [2.45, 2.75) is 26.4 Å². The lowest BCUT2D eigenvalue weighted by Crippen LogP contribution is -2.40. The van der Waals surface area contributed by atoms with Gasteiger partial charge in [-0.15, -0.1) is 0 Å². The monoisotopic (exact) mass is 252 g/mol. The SMILES string of the molecule is CC(C)C(C)(O)C(=O)c1ccc(OCCO)cc1. The fraction of sp³-hybridized carbons (Fsp3) is 0.500. The van der Waals surface area contributed by atoms with Gasteiger partial charge >= 0.3 is 0 Å². The third kappa shape index (κ3) is 3.31. The van der Waals surface area contributed by atoms with Gasteiger partial charge in [-0.25, -0.2) is 0 Å². The van der Waals surface area contributed by atoms with Crippen LogP contribution in [0.3, 0.4) is 0 Å². The highest BCUT2D eigenvalue weighted by atomic mass is 16.5. The highest BCUT2D eigenvalue weighted by molar-refractivity contribution is 6.02. The molecular weight excluding hydrogens is 232 g/mol. The van der Waals surface area contributed by atoms with Gasteiger partial charge in [-0.05, 0) is 37.1 Å². The largest absolute Gasteiger partial charge is 0.491 e. The smallest absolute Gasteiger partial charge is 0.194 e. The van der Waals surface area contributed by atoms with Gasteiger partial charge in [-0.1, -0.05) is 13.8 Å². The Morgan fingerprint density at radius 2 is 1.89 bits per heavy atom. The zero-order valence-electron chi connectivity index (χ0n) is 11.0. The van der Waals surface area contributed by atoms with Crippen molar-refractivity contribution in [3.05, 3.63) is 29.8 Å². The minimum atomic E-state index is -1.37. The van der Waals surface area contributed by atoms with Crippen molar-refractivity contribution in [2.24, 2.45) is 5.92 Å². The lowest BCUT2D eigenvalue weighted by atomic mass is 9.85. The van der Waals surface area contributed by atoms with E-state index in [0.717, 1.165) is 0 Å². The van der Waals surface area contributed by atoms with Gasteiger partial charge in [0.25, 0.3) is 0 Å². The van der Waals surface area contributed by atoms with Crippen LogP contribution < -0.4 is 4.74 Å². The molecule has 0 radical (unpaired) electrons. The number of Topliss-reactive ketones (excluding diaryl/α,β-unsaturated/α-hetero) is 1. The first-order chi connectivity index (χ1) is 8.39. The number of carbonyl (C=O) groups is 1. The minimum absolute atomic E-state index is 0.0528. The summed E-state index contributed by atoms with van der Waals surface area (Å²) in [6.07, 6.45) is 0. The number of aliphatic hydroxyl groups excluding tert-OH is 1. The van der Waals surface area contributed by atoms with Crippen LogP contribution in [-0.2, 0) is 0 Å². The third-order valence-electron chi connectivity index (χ3n) is 3.06. The van der Waals surface area contributed by atoms with E-state index in [-0.39, 0.29) is 24.9 Å².